The molecule has 1 unspecified atom stereocenters. The van der Waals surface area contributed by atoms with E-state index in [1.807, 2.05) is 0 Å². The average Bonchev–Trinajstić information content (AvgIpc) is 2.27. The van der Waals surface area contributed by atoms with Crippen LogP contribution >= 0.6 is 0 Å². The van der Waals surface area contributed by atoms with Crippen LogP contribution in [0.3, 0.4) is 0 Å². The molecule has 0 aliphatic rings. The molecule has 0 aliphatic carbocycles. The monoisotopic (exact) mass is 265 g/mol. The molecule has 0 aliphatic heterocycles. The number of hydrogen-bond acceptors (Lipinski definition) is 4. The summed E-state index contributed by atoms with van der Waals surface area (Å²) < 4.78 is 0. The van der Waals surface area contributed by atoms with Crippen molar-refractivity contribution in [1.82, 2.24) is 0 Å². The number of carboxylic acids is 1. The second-order valence-corrected chi connectivity index (χ2v) is 4.04. The zero-order valence-electron chi connectivity index (χ0n) is 10.1. The van der Waals surface area contributed by atoms with Gasteiger partial charge < -0.3 is 21.9 Å². The first-order valence-corrected chi connectivity index (χ1v) is 5.54. The van der Waals surface area contributed by atoms with Gasteiger partial charge in [-0.3, -0.25) is 14.4 Å². The lowest BCUT2D eigenvalue weighted by atomic mass is 10.1. The predicted molar refractivity (Wildman–Crippen MR) is 68.2 cm³/mol. The van der Waals surface area contributed by atoms with Crippen molar-refractivity contribution >= 4 is 23.5 Å². The maximum Gasteiger partial charge on any atom is 0.307 e. The summed E-state index contributed by atoms with van der Waals surface area (Å²) in [6.07, 6.45) is -0.391. The predicted octanol–water partition coefficient (Wildman–Crippen LogP) is -0.545. The Kier molecular flexibility index (Phi) is 5.01. The second kappa shape index (κ2) is 6.50. The first-order valence-electron chi connectivity index (χ1n) is 5.54. The van der Waals surface area contributed by atoms with Crippen molar-refractivity contribution < 1.29 is 19.5 Å². The minimum atomic E-state index is -1.03. The van der Waals surface area contributed by atoms with Gasteiger partial charge in [0.1, 0.15) is 0 Å². The number of nitrogens with one attached hydrogen (secondary N) is 1. The van der Waals surface area contributed by atoms with Crippen molar-refractivity contribution in [1.29, 1.82) is 0 Å². The van der Waals surface area contributed by atoms with E-state index in [1.165, 1.54) is 6.07 Å². The Morgan fingerprint density at radius 2 is 2.00 bits per heavy atom. The second-order valence-electron chi connectivity index (χ2n) is 4.04. The van der Waals surface area contributed by atoms with E-state index < -0.39 is 23.8 Å². The molecule has 2 amide bonds. The van der Waals surface area contributed by atoms with Crippen LogP contribution in [0.5, 0.6) is 0 Å². The van der Waals surface area contributed by atoms with Crippen LogP contribution in [0.2, 0.25) is 0 Å². The first-order chi connectivity index (χ1) is 8.88. The summed E-state index contributed by atoms with van der Waals surface area (Å²) in [6.45, 7) is 0. The Bertz CT molecular complexity index is 502. The molecule has 0 bridgehead atoms. The van der Waals surface area contributed by atoms with Crippen molar-refractivity contribution in [3.05, 3.63) is 29.8 Å². The van der Waals surface area contributed by atoms with E-state index in [9.17, 15) is 14.4 Å². The summed E-state index contributed by atoms with van der Waals surface area (Å²) >= 11 is 0. The number of carbonyl (C=O) groups excluding carboxylic acids is 2. The number of rotatable bonds is 6. The molecule has 0 radical (unpaired) electrons. The lowest BCUT2D eigenvalue weighted by Crippen LogP contribution is -2.39. The molecule has 19 heavy (non-hydrogen) atoms. The number of carbonyl (C=O) groups is 3. The molecule has 0 aromatic heterocycles. The number of aliphatic carboxylic acids is 1. The Morgan fingerprint density at radius 1 is 1.32 bits per heavy atom. The summed E-state index contributed by atoms with van der Waals surface area (Å²) in [5.41, 5.74) is 11.4. The van der Waals surface area contributed by atoms with Crippen molar-refractivity contribution in [3.63, 3.8) is 0 Å². The van der Waals surface area contributed by atoms with Crippen LogP contribution < -0.4 is 16.8 Å². The van der Waals surface area contributed by atoms with Gasteiger partial charge >= 0.3 is 5.97 Å². The van der Waals surface area contributed by atoms with Crippen LogP contribution in [0.15, 0.2) is 24.3 Å². The van der Waals surface area contributed by atoms with Gasteiger partial charge in [-0.05, 0) is 17.7 Å². The average molecular weight is 265 g/mol. The van der Waals surface area contributed by atoms with E-state index in [0.29, 0.717) is 11.3 Å². The molecule has 1 aromatic carbocycles. The molecule has 1 rings (SSSR count). The van der Waals surface area contributed by atoms with Crippen LogP contribution in [-0.2, 0) is 20.8 Å². The minimum absolute atomic E-state index is 0.142. The fourth-order valence-electron chi connectivity index (χ4n) is 1.48. The number of benzene rings is 1. The Balaban J connectivity index is 2.68. The molecule has 7 nitrogen and oxygen atoms in total. The lowest BCUT2D eigenvalue weighted by molar-refractivity contribution is -0.136. The van der Waals surface area contributed by atoms with E-state index in [2.05, 4.69) is 5.32 Å². The zero-order chi connectivity index (χ0) is 14.4. The highest BCUT2D eigenvalue weighted by Gasteiger charge is 2.16. The van der Waals surface area contributed by atoms with E-state index in [1.54, 1.807) is 18.2 Å². The summed E-state index contributed by atoms with van der Waals surface area (Å²) in [4.78, 5) is 32.8. The van der Waals surface area contributed by atoms with Gasteiger partial charge in [-0.2, -0.15) is 0 Å². The molecule has 102 valence electrons. The molecule has 7 heteroatoms. The standard InChI is InChI=1S/C12H15N3O4/c13-9(6-10(14)16)12(19)15-8-3-1-2-7(4-8)5-11(17)18/h1-4,9H,5-6,13H2,(H2,14,16)(H,15,19)(H,17,18). The van der Waals surface area contributed by atoms with Crippen LogP contribution in [0.25, 0.3) is 0 Å². The van der Waals surface area contributed by atoms with E-state index in [0.717, 1.165) is 0 Å². The number of hydrogen-bond donors (Lipinski definition) is 4. The maximum atomic E-state index is 11.6. The first kappa shape index (κ1) is 14.7. The molecule has 1 aromatic rings. The van der Waals surface area contributed by atoms with Crippen LogP contribution in [0.4, 0.5) is 5.69 Å². The Labute approximate surface area is 109 Å². The normalized spacial score (nSPS) is 11.6. The van der Waals surface area contributed by atoms with Gasteiger partial charge in [-0.15, -0.1) is 0 Å². The van der Waals surface area contributed by atoms with E-state index >= 15 is 0 Å². The van der Waals surface area contributed by atoms with Crippen LogP contribution in [-0.4, -0.2) is 28.9 Å². The Morgan fingerprint density at radius 3 is 2.58 bits per heavy atom. The maximum absolute atomic E-state index is 11.6. The molecular formula is C12H15N3O4. The van der Waals surface area contributed by atoms with Gasteiger partial charge in [-0.25, -0.2) is 0 Å². The summed E-state index contributed by atoms with van der Waals surface area (Å²) in [6, 6.07) is 5.35. The Hall–Kier alpha value is -2.41. The summed E-state index contributed by atoms with van der Waals surface area (Å²) in [7, 11) is 0. The largest absolute Gasteiger partial charge is 0.481 e. The van der Waals surface area contributed by atoms with Crippen molar-refractivity contribution in [2.24, 2.45) is 11.5 Å². The fraction of sp³-hybridized carbons (Fsp3) is 0.250. The van der Waals surface area contributed by atoms with E-state index in [-0.39, 0.29) is 12.8 Å². The molecule has 0 saturated carbocycles. The zero-order valence-corrected chi connectivity index (χ0v) is 10.1. The molecule has 1 atom stereocenters. The third-order valence-electron chi connectivity index (χ3n) is 2.31. The van der Waals surface area contributed by atoms with Crippen molar-refractivity contribution in [2.75, 3.05) is 5.32 Å². The van der Waals surface area contributed by atoms with Crippen LogP contribution in [0, 0.1) is 0 Å². The summed E-state index contributed by atoms with van der Waals surface area (Å²) in [5, 5.41) is 11.2. The fourth-order valence-corrected chi connectivity index (χ4v) is 1.48. The quantitative estimate of drug-likeness (QED) is 0.547. The molecule has 6 N–H and O–H groups in total. The van der Waals surface area contributed by atoms with E-state index in [4.69, 9.17) is 16.6 Å². The molecule has 0 fully saturated rings. The molecule has 0 saturated heterocycles. The van der Waals surface area contributed by atoms with Gasteiger partial charge in [0, 0.05) is 5.69 Å². The highest BCUT2D eigenvalue weighted by Crippen LogP contribution is 2.11. The van der Waals surface area contributed by atoms with Gasteiger partial charge in [0.15, 0.2) is 0 Å². The number of nitrogens with two attached hydrogens (primary N) is 2. The van der Waals surface area contributed by atoms with Gasteiger partial charge in [0.2, 0.25) is 11.8 Å². The third-order valence-corrected chi connectivity index (χ3v) is 2.31. The van der Waals surface area contributed by atoms with Crippen LogP contribution in [0.1, 0.15) is 12.0 Å². The minimum Gasteiger partial charge on any atom is -0.481 e. The van der Waals surface area contributed by atoms with Gasteiger partial charge in [0.25, 0.3) is 0 Å². The molecule has 0 spiro atoms. The number of carboxylic acid groups (broad SMARTS) is 1. The highest BCUT2D eigenvalue weighted by atomic mass is 16.4. The SMILES string of the molecule is NC(=O)CC(N)C(=O)Nc1cccc(CC(=O)O)c1. The highest BCUT2D eigenvalue weighted by molar-refractivity contribution is 5.97. The topological polar surface area (TPSA) is 136 Å². The van der Waals surface area contributed by atoms with Gasteiger partial charge in [-0.1, -0.05) is 12.1 Å². The molecule has 0 heterocycles. The van der Waals surface area contributed by atoms with Gasteiger partial charge in [0.05, 0.1) is 18.9 Å². The molecular weight excluding hydrogens is 250 g/mol. The third kappa shape index (κ3) is 5.17. The number of amides is 2. The van der Waals surface area contributed by atoms with Crippen molar-refractivity contribution in [2.45, 2.75) is 18.9 Å². The summed E-state index contributed by atoms with van der Waals surface area (Å²) in [5.74, 6) is -2.18. The smallest absolute Gasteiger partial charge is 0.307 e. The van der Waals surface area contributed by atoms with Crippen molar-refractivity contribution in [3.8, 4) is 0 Å². The number of primary amides is 1. The lowest BCUT2D eigenvalue weighted by Gasteiger charge is -2.11. The number of anilines is 1.